The van der Waals surface area contributed by atoms with Crippen molar-refractivity contribution >= 4 is 22.5 Å². The molecule has 1 nitrogen and oxygen atoms in total. The van der Waals surface area contributed by atoms with Crippen molar-refractivity contribution in [2.45, 2.75) is 20.0 Å². The normalized spacial score (nSPS) is 10.0. The fourth-order valence-electron chi connectivity index (χ4n) is 0.192. The van der Waals surface area contributed by atoms with E-state index >= 15 is 0 Å². The van der Waals surface area contributed by atoms with Gasteiger partial charge in [-0.2, -0.15) is 0 Å². The van der Waals surface area contributed by atoms with Gasteiger partial charge in [0.25, 0.3) is 0 Å². The predicted molar refractivity (Wildman–Crippen MR) is 28.2 cm³/mol. The molecular weight excluding hydrogens is 183 g/mol. The van der Waals surface area contributed by atoms with Gasteiger partial charge in [0.2, 0.25) is 0 Å². The van der Waals surface area contributed by atoms with Gasteiger partial charge in [0.1, 0.15) is 0 Å². The summed E-state index contributed by atoms with van der Waals surface area (Å²) in [5, 5.41) is 0. The van der Waals surface area contributed by atoms with Crippen LogP contribution in [0.25, 0.3) is 0 Å². The van der Waals surface area contributed by atoms with Crippen molar-refractivity contribution in [2.75, 3.05) is 4.62 Å². The second-order valence-electron chi connectivity index (χ2n) is 1.38. The first kappa shape index (κ1) is 6.76. The molecule has 0 spiro atoms. The molecule has 6 heavy (non-hydrogen) atoms. The Hall–Kier alpha value is 0.759. The third-order valence-electron chi connectivity index (χ3n) is 0.430. The number of hydrogen-bond acceptors (Lipinski definition) is 1. The molecular formula is C4H10OSn. The Morgan fingerprint density at radius 2 is 2.17 bits per heavy atom. The summed E-state index contributed by atoms with van der Waals surface area (Å²) in [5.74, 6) is 0. The first-order chi connectivity index (χ1) is 2.77. The molecule has 0 aliphatic heterocycles. The van der Waals surface area contributed by atoms with Gasteiger partial charge in [-0.15, -0.1) is 0 Å². The Morgan fingerprint density at radius 3 is 2.17 bits per heavy atom. The molecule has 0 heterocycles. The van der Waals surface area contributed by atoms with Gasteiger partial charge < -0.3 is 0 Å². The Morgan fingerprint density at radius 1 is 1.67 bits per heavy atom. The van der Waals surface area contributed by atoms with E-state index in [-0.39, 0.29) is 0 Å². The quantitative estimate of drug-likeness (QED) is 0.571. The number of rotatable bonds is 2. The van der Waals surface area contributed by atoms with E-state index < -0.39 is 0 Å². The molecule has 2 heteroatoms. The van der Waals surface area contributed by atoms with E-state index in [1.165, 1.54) is 22.5 Å². The van der Waals surface area contributed by atoms with Gasteiger partial charge in [0, 0.05) is 0 Å². The van der Waals surface area contributed by atoms with Crippen LogP contribution in [0.1, 0.15) is 13.8 Å². The zero-order valence-electron chi connectivity index (χ0n) is 4.27. The molecule has 36 valence electrons. The van der Waals surface area contributed by atoms with Crippen molar-refractivity contribution in [1.82, 2.24) is 0 Å². The standard InChI is InChI=1S/C4H9O.Sn.H/c1-4(2)5-3;;/h4H,3H2,1-2H3;;. The van der Waals surface area contributed by atoms with Crippen molar-refractivity contribution in [3.05, 3.63) is 0 Å². The van der Waals surface area contributed by atoms with Crippen LogP contribution in [-0.4, -0.2) is 33.3 Å². The SMILES string of the molecule is CC(C)O[CH2][SnH]. The molecule has 0 aromatic rings. The van der Waals surface area contributed by atoms with Gasteiger partial charge in [0.15, 0.2) is 0 Å². The van der Waals surface area contributed by atoms with Crippen molar-refractivity contribution in [3.63, 3.8) is 0 Å². The summed E-state index contributed by atoms with van der Waals surface area (Å²) in [6, 6.07) is 0. The average Bonchev–Trinajstić information content (AvgIpc) is 1.35. The summed E-state index contributed by atoms with van der Waals surface area (Å²) in [6.45, 7) is 4.10. The molecule has 0 saturated carbocycles. The number of hydrogen-bond donors (Lipinski definition) is 0. The van der Waals surface area contributed by atoms with E-state index in [2.05, 4.69) is 13.8 Å². The third kappa shape index (κ3) is 4.76. The van der Waals surface area contributed by atoms with Crippen molar-refractivity contribution in [2.24, 2.45) is 0 Å². The van der Waals surface area contributed by atoms with Gasteiger partial charge >= 0.3 is 51.8 Å². The first-order valence-electron chi connectivity index (χ1n) is 2.09. The Labute approximate surface area is 52.2 Å². The van der Waals surface area contributed by atoms with Crippen molar-refractivity contribution in [1.29, 1.82) is 0 Å². The van der Waals surface area contributed by atoms with Crippen LogP contribution in [0, 0.1) is 0 Å². The molecule has 0 amide bonds. The van der Waals surface area contributed by atoms with Crippen molar-refractivity contribution < 1.29 is 4.74 Å². The van der Waals surface area contributed by atoms with E-state index in [1.54, 1.807) is 0 Å². The number of ether oxygens (including phenoxy) is 1. The van der Waals surface area contributed by atoms with Gasteiger partial charge in [-0.3, -0.25) is 0 Å². The Kier molecular flexibility index (Phi) is 4.43. The maximum absolute atomic E-state index is 5.10. The fourth-order valence-corrected chi connectivity index (χ4v) is 1.29. The van der Waals surface area contributed by atoms with Gasteiger partial charge in [0.05, 0.1) is 0 Å². The monoisotopic (exact) mass is 194 g/mol. The second-order valence-corrected chi connectivity index (χ2v) is 2.33. The van der Waals surface area contributed by atoms with Gasteiger partial charge in [-0.25, -0.2) is 0 Å². The minimum atomic E-state index is 0.431. The zero-order valence-corrected chi connectivity index (χ0v) is 7.57. The summed E-state index contributed by atoms with van der Waals surface area (Å²) >= 11 is 1.22. The van der Waals surface area contributed by atoms with E-state index in [4.69, 9.17) is 4.74 Å². The molecule has 0 aliphatic rings. The molecule has 0 saturated heterocycles. The molecule has 0 rings (SSSR count). The molecule has 0 bridgehead atoms. The van der Waals surface area contributed by atoms with Crippen LogP contribution >= 0.6 is 0 Å². The van der Waals surface area contributed by atoms with Crippen LogP contribution in [0.15, 0.2) is 0 Å². The third-order valence-corrected chi connectivity index (χ3v) is 0.979. The maximum atomic E-state index is 5.10. The summed E-state index contributed by atoms with van der Waals surface area (Å²) in [4.78, 5) is 0. The van der Waals surface area contributed by atoms with Crippen LogP contribution in [0.5, 0.6) is 0 Å². The molecule has 0 aliphatic carbocycles. The molecule has 0 aromatic carbocycles. The Bertz CT molecular complexity index is 28.7. The molecule has 0 atom stereocenters. The summed E-state index contributed by atoms with van der Waals surface area (Å²) in [5.41, 5.74) is 0. The van der Waals surface area contributed by atoms with Crippen LogP contribution in [0.2, 0.25) is 0 Å². The van der Waals surface area contributed by atoms with Gasteiger partial charge in [-0.05, 0) is 0 Å². The summed E-state index contributed by atoms with van der Waals surface area (Å²) in [7, 11) is 0. The predicted octanol–water partition coefficient (Wildman–Crippen LogP) is 0.270. The second kappa shape index (κ2) is 3.93. The molecule has 0 fully saturated rings. The van der Waals surface area contributed by atoms with Gasteiger partial charge in [-0.1, -0.05) is 0 Å². The van der Waals surface area contributed by atoms with Crippen LogP contribution in [-0.2, 0) is 4.74 Å². The van der Waals surface area contributed by atoms with E-state index in [9.17, 15) is 0 Å². The van der Waals surface area contributed by atoms with Crippen LogP contribution in [0.4, 0.5) is 0 Å². The summed E-state index contributed by atoms with van der Waals surface area (Å²) < 4.78 is 6.06. The van der Waals surface area contributed by atoms with E-state index in [1.807, 2.05) is 0 Å². The fraction of sp³-hybridized carbons (Fsp3) is 1.00. The van der Waals surface area contributed by atoms with Crippen LogP contribution < -0.4 is 0 Å². The zero-order chi connectivity index (χ0) is 4.99. The first-order valence-corrected chi connectivity index (χ1v) is 4.42. The molecule has 0 aromatic heterocycles. The van der Waals surface area contributed by atoms with E-state index in [0.29, 0.717) is 6.10 Å². The topological polar surface area (TPSA) is 9.23 Å². The molecule has 0 N–H and O–H groups in total. The Balaban J connectivity index is 2.63. The van der Waals surface area contributed by atoms with E-state index in [0.717, 1.165) is 4.62 Å². The average molecular weight is 193 g/mol. The van der Waals surface area contributed by atoms with Crippen LogP contribution in [0.3, 0.4) is 0 Å². The molecule has 2 radical (unpaired) electrons. The minimum absolute atomic E-state index is 0.431. The summed E-state index contributed by atoms with van der Waals surface area (Å²) in [6.07, 6.45) is 0.431. The molecule has 0 unspecified atom stereocenters. The van der Waals surface area contributed by atoms with Crippen molar-refractivity contribution in [3.8, 4) is 0 Å².